The largest absolute Gasteiger partial charge is 0.246 e. The molecule has 0 fully saturated rings. The number of benzene rings is 18. The molecule has 4 nitrogen and oxygen atoms in total. The monoisotopic (exact) mass is 1450 g/mol. The normalized spacial score (nSPS) is 11.2. The van der Waals surface area contributed by atoms with Gasteiger partial charge in [0.25, 0.3) is 0 Å². The molecule has 0 spiro atoms. The van der Waals surface area contributed by atoms with Crippen LogP contribution in [0.2, 0.25) is 0 Å². The highest BCUT2D eigenvalue weighted by atomic mass is 15.0. The molecule has 0 aliphatic heterocycles. The molecule has 0 atom stereocenters. The first-order chi connectivity index (χ1) is 56.6. The predicted octanol–water partition coefficient (Wildman–Crippen LogP) is 28.4. The summed E-state index contributed by atoms with van der Waals surface area (Å²) >= 11 is 0. The molecule has 0 bridgehead atoms. The second-order valence-corrected chi connectivity index (χ2v) is 28.6. The number of hydrogen-bond donors (Lipinski definition) is 0. The molecule has 534 valence electrons. The zero-order chi connectivity index (χ0) is 75.9. The topological polar surface area (TPSA) is 51.6 Å². The summed E-state index contributed by atoms with van der Waals surface area (Å²) in [6, 6.07) is 160. The van der Waals surface area contributed by atoms with E-state index in [0.29, 0.717) is 17.5 Å². The second kappa shape index (κ2) is 31.5. The molecule has 0 unspecified atom stereocenters. The van der Waals surface area contributed by atoms with Gasteiger partial charge in [-0.05, 0) is 133 Å². The van der Waals surface area contributed by atoms with Crippen molar-refractivity contribution in [3.05, 3.63) is 493 Å². The van der Waals surface area contributed by atoms with Gasteiger partial charge in [0.2, 0.25) is 0 Å². The van der Waals surface area contributed by atoms with Crippen LogP contribution in [0.5, 0.6) is 0 Å². The molecule has 0 N–H and O–H groups in total. The highest BCUT2D eigenvalue weighted by Crippen LogP contribution is 2.45. The fourth-order valence-corrected chi connectivity index (χ4v) is 16.2. The van der Waals surface area contributed by atoms with E-state index in [1.807, 2.05) is 60.7 Å². The van der Waals surface area contributed by atoms with Crippen molar-refractivity contribution in [2.45, 2.75) is 0 Å². The molecule has 114 heavy (non-hydrogen) atoms. The predicted molar refractivity (Wildman–Crippen MR) is 478 cm³/mol. The highest BCUT2D eigenvalue weighted by molar-refractivity contribution is 6.21. The zero-order valence-electron chi connectivity index (χ0n) is 62.5. The molecule has 18 aromatic carbocycles. The lowest BCUT2D eigenvalue weighted by Crippen LogP contribution is -2.00. The van der Waals surface area contributed by atoms with Crippen molar-refractivity contribution < 1.29 is 0 Å². The molecule has 2 aromatic heterocycles. The summed E-state index contributed by atoms with van der Waals surface area (Å²) in [6.07, 6.45) is 0. The Labute approximate surface area is 664 Å². The lowest BCUT2D eigenvalue weighted by Gasteiger charge is -2.19. The van der Waals surface area contributed by atoms with Crippen LogP contribution in [-0.2, 0) is 0 Å². The maximum Gasteiger partial charge on any atom is 0.164 e. The first-order valence-corrected chi connectivity index (χ1v) is 38.8. The van der Waals surface area contributed by atoms with Gasteiger partial charge in [-0.15, -0.1) is 0 Å². The summed E-state index contributed by atoms with van der Waals surface area (Å²) in [5.74, 6) is 1.94. The molecule has 0 aliphatic rings. The van der Waals surface area contributed by atoms with Gasteiger partial charge in [0.1, 0.15) is 0 Å². The van der Waals surface area contributed by atoms with E-state index in [9.17, 15) is 0 Å². The molecule has 20 rings (SSSR count). The summed E-state index contributed by atoms with van der Waals surface area (Å²) in [6.45, 7) is 0. The van der Waals surface area contributed by atoms with Crippen LogP contribution in [0.15, 0.2) is 449 Å². The maximum atomic E-state index is 5.38. The van der Waals surface area contributed by atoms with E-state index in [2.05, 4.69) is 388 Å². The van der Waals surface area contributed by atoms with Gasteiger partial charge in [0.15, 0.2) is 17.5 Å². The molecule has 2 heterocycles. The van der Waals surface area contributed by atoms with Crippen LogP contribution in [0.25, 0.3) is 155 Å². The van der Waals surface area contributed by atoms with E-state index in [4.69, 9.17) is 19.9 Å². The minimum absolute atomic E-state index is 0.640. The van der Waals surface area contributed by atoms with E-state index in [1.54, 1.807) is 0 Å². The number of fused-ring (bicyclic) bond motifs is 7. The molecule has 0 radical (unpaired) electrons. The van der Waals surface area contributed by atoms with Gasteiger partial charge in [0, 0.05) is 43.8 Å². The summed E-state index contributed by atoms with van der Waals surface area (Å²) in [5, 5.41) is 9.48. The van der Waals surface area contributed by atoms with Crippen LogP contribution in [0.4, 0.5) is 0 Å². The number of pyridine rings is 1. The van der Waals surface area contributed by atoms with Crippen LogP contribution in [0, 0.1) is 0 Å². The van der Waals surface area contributed by atoms with Gasteiger partial charge >= 0.3 is 0 Å². The average Bonchev–Trinajstić information content (AvgIpc) is 0.733. The average molecular weight is 1450 g/mol. The minimum Gasteiger partial charge on any atom is -0.246 e. The molecular formula is C110H74N4. The Hall–Kier alpha value is -15.1. The highest BCUT2D eigenvalue weighted by Gasteiger charge is 2.22. The van der Waals surface area contributed by atoms with Crippen molar-refractivity contribution in [2.75, 3.05) is 0 Å². The van der Waals surface area contributed by atoms with Crippen molar-refractivity contribution in [2.24, 2.45) is 0 Å². The number of rotatable bonds is 15. The number of aromatic nitrogens is 4. The molecule has 0 saturated heterocycles. The quantitative estimate of drug-likeness (QED) is 0.0583. The first-order valence-electron chi connectivity index (χ1n) is 38.8. The lowest BCUT2D eigenvalue weighted by molar-refractivity contribution is 1.07. The third-order valence-electron chi connectivity index (χ3n) is 21.7. The van der Waals surface area contributed by atoms with Gasteiger partial charge in [0.05, 0.1) is 11.0 Å². The lowest BCUT2D eigenvalue weighted by atomic mass is 9.84. The van der Waals surface area contributed by atoms with E-state index in [-0.39, 0.29) is 0 Å². The maximum absolute atomic E-state index is 5.38. The van der Waals surface area contributed by atoms with Crippen molar-refractivity contribution in [3.63, 3.8) is 0 Å². The summed E-state index contributed by atoms with van der Waals surface area (Å²) in [5.41, 5.74) is 28.6. The first kappa shape index (κ1) is 69.4. The van der Waals surface area contributed by atoms with Crippen molar-refractivity contribution in [3.8, 4) is 78.7 Å². The zero-order valence-corrected chi connectivity index (χ0v) is 62.5. The van der Waals surface area contributed by atoms with Crippen LogP contribution >= 0.6 is 0 Å². The van der Waals surface area contributed by atoms with Crippen LogP contribution in [0.1, 0.15) is 44.5 Å². The van der Waals surface area contributed by atoms with E-state index < -0.39 is 0 Å². The van der Waals surface area contributed by atoms with Crippen molar-refractivity contribution in [1.82, 2.24) is 19.9 Å². The van der Waals surface area contributed by atoms with Crippen molar-refractivity contribution >= 4 is 76.4 Å². The van der Waals surface area contributed by atoms with Gasteiger partial charge in [-0.3, -0.25) is 0 Å². The molecule has 0 amide bonds. The standard InChI is InChI=1S/C57H39N3.C53H35N/c1-6-19-41(20-7-1)53(42-21-8-2-9-22-42)54(43-23-10-3-11-24-43)48-30-18-29-47(39-48)50-38-37-49(51-31-16-17-32-52(50)51)40-33-35-46(36-34-40)57-59-55(44-25-12-4-13-26-44)58-56(60-57)45-27-14-5-15-28-45;1-4-16-40(17-5-1)49(41-18-6-2-7-19-41)50(42-20-8-3-9-21-42)43-28-24-36(25-29-43)37-26-30-44(31-27-37)51-47-34-32-38-14-10-12-22-45(38)52(47)54-53-46-23-13-11-15-39(46)33-35-48(51)53/h1-39H;1-35H. The Balaban J connectivity index is 0.000000154. The Morgan fingerprint density at radius 3 is 0.816 bits per heavy atom. The van der Waals surface area contributed by atoms with Gasteiger partial charge in [-0.2, -0.15) is 0 Å². The number of nitrogens with zero attached hydrogens (tertiary/aromatic N) is 4. The SMILES string of the molecule is c1ccc(C(=C(c2ccccc2)c2ccc(-c3ccc(-c4c5ccc6ccccc6c5nc5c4ccc4ccccc45)cc3)cc2)c2ccccc2)cc1.c1ccc(C(=C(c2ccccc2)c2cccc(-c3ccc(-c4ccc(-c5nc(-c6ccccc6)nc(-c6ccccc6)n5)cc4)c4ccccc34)c2)c2ccccc2)cc1. The van der Waals surface area contributed by atoms with Crippen LogP contribution in [-0.4, -0.2) is 19.9 Å². The summed E-state index contributed by atoms with van der Waals surface area (Å²) < 4.78 is 0. The fraction of sp³-hybridized carbons (Fsp3) is 0. The minimum atomic E-state index is 0.640. The summed E-state index contributed by atoms with van der Waals surface area (Å²) in [4.78, 5) is 20.2. The molecular weight excluding hydrogens is 1380 g/mol. The smallest absolute Gasteiger partial charge is 0.164 e. The van der Waals surface area contributed by atoms with Gasteiger partial charge < -0.3 is 0 Å². The Kier molecular flexibility index (Phi) is 19.2. The number of hydrogen-bond acceptors (Lipinski definition) is 4. The van der Waals surface area contributed by atoms with E-state index in [0.717, 1.165) is 44.4 Å². The van der Waals surface area contributed by atoms with Crippen LogP contribution < -0.4 is 0 Å². The van der Waals surface area contributed by atoms with Gasteiger partial charge in [-0.1, -0.05) is 443 Å². The van der Waals surface area contributed by atoms with E-state index in [1.165, 1.54) is 138 Å². The molecule has 4 heteroatoms. The van der Waals surface area contributed by atoms with Crippen LogP contribution in [0.3, 0.4) is 0 Å². The Morgan fingerprint density at radius 1 is 0.149 bits per heavy atom. The Morgan fingerprint density at radius 2 is 0.421 bits per heavy atom. The van der Waals surface area contributed by atoms with Gasteiger partial charge in [-0.25, -0.2) is 19.9 Å². The fourth-order valence-electron chi connectivity index (χ4n) is 16.2. The Bertz CT molecular complexity index is 6680. The molecule has 0 saturated carbocycles. The third-order valence-corrected chi connectivity index (χ3v) is 21.7. The molecule has 0 aliphatic carbocycles. The second-order valence-electron chi connectivity index (χ2n) is 28.6. The summed E-state index contributed by atoms with van der Waals surface area (Å²) in [7, 11) is 0. The third kappa shape index (κ3) is 13.9. The van der Waals surface area contributed by atoms with Crippen molar-refractivity contribution in [1.29, 1.82) is 0 Å². The van der Waals surface area contributed by atoms with E-state index >= 15 is 0 Å². The molecule has 20 aromatic rings.